The van der Waals surface area contributed by atoms with Crippen LogP contribution in [0.4, 0.5) is 10.6 Å². The quantitative estimate of drug-likeness (QED) is 0.881. The number of amides is 2. The van der Waals surface area contributed by atoms with Crippen LogP contribution in [-0.2, 0) is 0 Å². The summed E-state index contributed by atoms with van der Waals surface area (Å²) >= 11 is 0. The molecule has 0 radical (unpaired) electrons. The van der Waals surface area contributed by atoms with E-state index >= 15 is 0 Å². The number of rotatable bonds is 3. The van der Waals surface area contributed by atoms with E-state index in [1.54, 1.807) is 31.3 Å². The molecule has 122 valence electrons. The minimum absolute atomic E-state index is 0.165. The van der Waals surface area contributed by atoms with E-state index in [0.29, 0.717) is 41.3 Å². The number of benzene rings is 1. The predicted molar refractivity (Wildman–Crippen MR) is 86.1 cm³/mol. The predicted octanol–water partition coefficient (Wildman–Crippen LogP) is 1.08. The first kappa shape index (κ1) is 15.3. The first-order valence-corrected chi connectivity index (χ1v) is 7.36. The van der Waals surface area contributed by atoms with Gasteiger partial charge < -0.3 is 19.7 Å². The summed E-state index contributed by atoms with van der Waals surface area (Å²) in [5, 5.41) is 6.77. The van der Waals surface area contributed by atoms with Crippen LogP contribution < -0.4 is 20.1 Å². The van der Waals surface area contributed by atoms with Crippen LogP contribution in [0.25, 0.3) is 10.9 Å². The van der Waals surface area contributed by atoms with Gasteiger partial charge in [-0.3, -0.25) is 5.32 Å². The molecule has 8 nitrogen and oxygen atoms in total. The van der Waals surface area contributed by atoms with Gasteiger partial charge in [-0.25, -0.2) is 14.8 Å². The lowest BCUT2D eigenvalue weighted by Crippen LogP contribution is -2.48. The van der Waals surface area contributed by atoms with Crippen LogP contribution in [0.15, 0.2) is 18.5 Å². The number of aromatic nitrogens is 2. The first-order chi connectivity index (χ1) is 11.2. The van der Waals surface area contributed by atoms with Gasteiger partial charge in [0.25, 0.3) is 0 Å². The third-order valence-electron chi connectivity index (χ3n) is 3.77. The number of methoxy groups -OCH3 is 2. The Balaban J connectivity index is 1.92. The molecule has 1 aliphatic rings. The molecule has 8 heteroatoms. The van der Waals surface area contributed by atoms with Crippen molar-refractivity contribution in [3.8, 4) is 11.5 Å². The van der Waals surface area contributed by atoms with Crippen molar-refractivity contribution < 1.29 is 14.3 Å². The second kappa shape index (κ2) is 6.66. The van der Waals surface area contributed by atoms with Crippen LogP contribution in [0.1, 0.15) is 0 Å². The Morgan fingerprint density at radius 1 is 1.17 bits per heavy atom. The highest BCUT2D eigenvalue weighted by molar-refractivity contribution is 5.99. The highest BCUT2D eigenvalue weighted by atomic mass is 16.5. The molecule has 2 N–H and O–H groups in total. The van der Waals surface area contributed by atoms with Gasteiger partial charge in [0.05, 0.1) is 19.7 Å². The Hall–Kier alpha value is -2.61. The first-order valence-electron chi connectivity index (χ1n) is 7.36. The van der Waals surface area contributed by atoms with Crippen molar-refractivity contribution in [3.63, 3.8) is 0 Å². The number of carbonyl (C=O) groups excluding carboxylic acids is 1. The maximum absolute atomic E-state index is 12.4. The van der Waals surface area contributed by atoms with Crippen molar-refractivity contribution in [3.05, 3.63) is 18.5 Å². The smallest absolute Gasteiger partial charge is 0.323 e. The van der Waals surface area contributed by atoms with E-state index in [4.69, 9.17) is 9.47 Å². The lowest BCUT2D eigenvalue weighted by Gasteiger charge is -2.27. The molecule has 2 aromatic rings. The van der Waals surface area contributed by atoms with E-state index in [9.17, 15) is 4.79 Å². The van der Waals surface area contributed by atoms with Crippen LogP contribution in [0.3, 0.4) is 0 Å². The molecule has 2 amide bonds. The van der Waals surface area contributed by atoms with Gasteiger partial charge in [-0.1, -0.05) is 0 Å². The maximum Gasteiger partial charge on any atom is 0.323 e. The molecule has 2 heterocycles. The van der Waals surface area contributed by atoms with E-state index in [2.05, 4.69) is 20.6 Å². The van der Waals surface area contributed by atoms with Crippen LogP contribution >= 0.6 is 0 Å². The Kier molecular flexibility index (Phi) is 4.42. The normalized spacial score (nSPS) is 14.6. The molecule has 3 rings (SSSR count). The van der Waals surface area contributed by atoms with Crippen LogP contribution in [-0.4, -0.2) is 61.3 Å². The zero-order chi connectivity index (χ0) is 16.2. The summed E-state index contributed by atoms with van der Waals surface area (Å²) in [6.07, 6.45) is 1.42. The minimum atomic E-state index is -0.165. The molecule has 0 bridgehead atoms. The lowest BCUT2D eigenvalue weighted by atomic mass is 10.2. The SMILES string of the molecule is COc1cc2ncnc(NC(=O)N3CCNCC3)c2cc1OC. The van der Waals surface area contributed by atoms with Crippen molar-refractivity contribution in [1.82, 2.24) is 20.2 Å². The summed E-state index contributed by atoms with van der Waals surface area (Å²) in [6.45, 7) is 2.93. The molecule has 0 spiro atoms. The maximum atomic E-state index is 12.4. The molecule has 0 saturated carbocycles. The number of nitrogens with zero attached hydrogens (tertiary/aromatic N) is 3. The summed E-state index contributed by atoms with van der Waals surface area (Å²) in [7, 11) is 3.13. The van der Waals surface area contributed by atoms with Crippen molar-refractivity contribution in [2.45, 2.75) is 0 Å². The van der Waals surface area contributed by atoms with E-state index in [-0.39, 0.29) is 6.03 Å². The third kappa shape index (κ3) is 3.11. The molecule has 1 aromatic heterocycles. The Morgan fingerprint density at radius 2 is 1.87 bits per heavy atom. The molecule has 1 fully saturated rings. The number of hydrogen-bond acceptors (Lipinski definition) is 6. The molecule has 0 atom stereocenters. The average Bonchev–Trinajstić information content (AvgIpc) is 2.61. The van der Waals surface area contributed by atoms with Gasteiger partial charge in [0.15, 0.2) is 11.5 Å². The number of hydrogen-bond donors (Lipinski definition) is 2. The van der Waals surface area contributed by atoms with Gasteiger partial charge >= 0.3 is 6.03 Å². The summed E-state index contributed by atoms with van der Waals surface area (Å²) in [5.41, 5.74) is 0.674. The molecule has 1 saturated heterocycles. The summed E-state index contributed by atoms with van der Waals surface area (Å²) < 4.78 is 10.6. The van der Waals surface area contributed by atoms with Gasteiger partial charge in [-0.15, -0.1) is 0 Å². The van der Waals surface area contributed by atoms with Crippen molar-refractivity contribution in [2.75, 3.05) is 45.7 Å². The second-order valence-corrected chi connectivity index (χ2v) is 5.11. The second-order valence-electron chi connectivity index (χ2n) is 5.11. The number of anilines is 1. The van der Waals surface area contributed by atoms with E-state index in [0.717, 1.165) is 13.1 Å². The highest BCUT2D eigenvalue weighted by Crippen LogP contribution is 2.33. The van der Waals surface area contributed by atoms with Crippen molar-refractivity contribution >= 4 is 22.8 Å². The van der Waals surface area contributed by atoms with Crippen LogP contribution in [0.5, 0.6) is 11.5 Å². The number of carbonyl (C=O) groups is 1. The molecule has 1 aromatic carbocycles. The molecule has 0 aliphatic carbocycles. The van der Waals surface area contributed by atoms with Gasteiger partial charge in [0, 0.05) is 37.6 Å². The Labute approximate surface area is 133 Å². The zero-order valence-electron chi connectivity index (χ0n) is 13.1. The third-order valence-corrected chi connectivity index (χ3v) is 3.77. The fourth-order valence-corrected chi connectivity index (χ4v) is 2.53. The number of fused-ring (bicyclic) bond motifs is 1. The fourth-order valence-electron chi connectivity index (χ4n) is 2.53. The number of urea groups is 1. The molecular formula is C15H19N5O3. The van der Waals surface area contributed by atoms with Gasteiger partial charge in [-0.2, -0.15) is 0 Å². The van der Waals surface area contributed by atoms with Gasteiger partial charge in [0.1, 0.15) is 12.1 Å². The van der Waals surface area contributed by atoms with Crippen LogP contribution in [0.2, 0.25) is 0 Å². The fraction of sp³-hybridized carbons (Fsp3) is 0.400. The van der Waals surface area contributed by atoms with E-state index in [1.807, 2.05) is 0 Å². The van der Waals surface area contributed by atoms with Crippen molar-refractivity contribution in [2.24, 2.45) is 0 Å². The largest absolute Gasteiger partial charge is 0.493 e. The minimum Gasteiger partial charge on any atom is -0.493 e. The standard InChI is InChI=1S/C15H19N5O3/c1-22-12-7-10-11(8-13(12)23-2)17-9-18-14(10)19-15(21)20-5-3-16-4-6-20/h7-9,16H,3-6H2,1-2H3,(H,17,18,19,21). The van der Waals surface area contributed by atoms with Crippen LogP contribution in [0, 0.1) is 0 Å². The average molecular weight is 317 g/mol. The number of ether oxygens (including phenoxy) is 2. The lowest BCUT2D eigenvalue weighted by molar-refractivity contribution is 0.204. The summed E-state index contributed by atoms with van der Waals surface area (Å²) in [6, 6.07) is 3.36. The van der Waals surface area contributed by atoms with Crippen molar-refractivity contribution in [1.29, 1.82) is 0 Å². The Morgan fingerprint density at radius 3 is 2.57 bits per heavy atom. The summed E-state index contributed by atoms with van der Waals surface area (Å²) in [5.74, 6) is 1.60. The summed E-state index contributed by atoms with van der Waals surface area (Å²) in [4.78, 5) is 22.5. The zero-order valence-corrected chi connectivity index (χ0v) is 13.1. The molecule has 1 aliphatic heterocycles. The van der Waals surface area contributed by atoms with Gasteiger partial charge in [-0.05, 0) is 6.07 Å². The number of piperazine rings is 1. The van der Waals surface area contributed by atoms with Gasteiger partial charge in [0.2, 0.25) is 0 Å². The van der Waals surface area contributed by atoms with E-state index < -0.39 is 0 Å². The molecular weight excluding hydrogens is 298 g/mol. The monoisotopic (exact) mass is 317 g/mol. The topological polar surface area (TPSA) is 88.6 Å². The molecule has 23 heavy (non-hydrogen) atoms. The highest BCUT2D eigenvalue weighted by Gasteiger charge is 2.18. The molecule has 0 unspecified atom stereocenters. The number of nitrogens with one attached hydrogen (secondary N) is 2. The van der Waals surface area contributed by atoms with E-state index in [1.165, 1.54) is 6.33 Å². The Bertz CT molecular complexity index is 716.